The Morgan fingerprint density at radius 2 is 2.11 bits per heavy atom. The average molecular weight is 250 g/mol. The standard InChI is InChI=1S/C14H18O4/c1-10-8-12(18-14(10)16-2)9-17-13(15)11-6-4-3-5-7-11/h3-7,10,12,14H,8-9H2,1-2H3/t10-,12+,14-/m1/s1. The molecule has 0 N–H and O–H groups in total. The first-order chi connectivity index (χ1) is 8.70. The van der Waals surface area contributed by atoms with E-state index in [2.05, 4.69) is 6.92 Å². The Morgan fingerprint density at radius 1 is 1.39 bits per heavy atom. The summed E-state index contributed by atoms with van der Waals surface area (Å²) in [7, 11) is 1.62. The van der Waals surface area contributed by atoms with Crippen molar-refractivity contribution in [3.8, 4) is 0 Å². The molecule has 2 rings (SSSR count). The van der Waals surface area contributed by atoms with E-state index in [4.69, 9.17) is 14.2 Å². The van der Waals surface area contributed by atoms with Gasteiger partial charge in [-0.25, -0.2) is 4.79 Å². The number of methoxy groups -OCH3 is 1. The first kappa shape index (κ1) is 13.1. The molecule has 1 aliphatic heterocycles. The molecule has 18 heavy (non-hydrogen) atoms. The van der Waals surface area contributed by atoms with Crippen molar-refractivity contribution in [1.29, 1.82) is 0 Å². The lowest BCUT2D eigenvalue weighted by Gasteiger charge is -2.13. The maximum Gasteiger partial charge on any atom is 0.338 e. The molecular formula is C14H18O4. The largest absolute Gasteiger partial charge is 0.459 e. The van der Waals surface area contributed by atoms with E-state index in [1.807, 2.05) is 18.2 Å². The second-order valence-electron chi connectivity index (χ2n) is 4.54. The third-order valence-electron chi connectivity index (χ3n) is 3.07. The molecule has 1 heterocycles. The zero-order chi connectivity index (χ0) is 13.0. The molecule has 98 valence electrons. The predicted molar refractivity (Wildman–Crippen MR) is 66.2 cm³/mol. The molecule has 0 unspecified atom stereocenters. The number of carbonyl (C=O) groups excluding carboxylic acids is 1. The number of carbonyl (C=O) groups is 1. The van der Waals surface area contributed by atoms with Crippen LogP contribution in [-0.4, -0.2) is 32.1 Å². The van der Waals surface area contributed by atoms with Gasteiger partial charge in [-0.05, 0) is 18.6 Å². The zero-order valence-electron chi connectivity index (χ0n) is 10.7. The van der Waals surface area contributed by atoms with Crippen LogP contribution in [0.5, 0.6) is 0 Å². The lowest BCUT2D eigenvalue weighted by molar-refractivity contribution is -0.136. The minimum atomic E-state index is -0.312. The summed E-state index contributed by atoms with van der Waals surface area (Å²) < 4.78 is 16.0. The van der Waals surface area contributed by atoms with Crippen LogP contribution in [0.3, 0.4) is 0 Å². The van der Waals surface area contributed by atoms with Gasteiger partial charge in [-0.15, -0.1) is 0 Å². The molecule has 4 nitrogen and oxygen atoms in total. The second kappa shape index (κ2) is 5.98. The van der Waals surface area contributed by atoms with Crippen LogP contribution in [0.2, 0.25) is 0 Å². The van der Waals surface area contributed by atoms with Crippen molar-refractivity contribution in [3.63, 3.8) is 0 Å². The van der Waals surface area contributed by atoms with E-state index in [0.717, 1.165) is 6.42 Å². The molecule has 0 aliphatic carbocycles. The summed E-state index contributed by atoms with van der Waals surface area (Å²) in [6.07, 6.45) is 0.587. The minimum absolute atomic E-state index is 0.0717. The summed E-state index contributed by atoms with van der Waals surface area (Å²) in [5.41, 5.74) is 0.562. The molecule has 0 radical (unpaired) electrons. The summed E-state index contributed by atoms with van der Waals surface area (Å²) in [6, 6.07) is 8.95. The van der Waals surface area contributed by atoms with E-state index >= 15 is 0 Å². The first-order valence-corrected chi connectivity index (χ1v) is 6.11. The minimum Gasteiger partial charge on any atom is -0.459 e. The second-order valence-corrected chi connectivity index (χ2v) is 4.54. The van der Waals surface area contributed by atoms with Gasteiger partial charge in [0, 0.05) is 13.0 Å². The number of ether oxygens (including phenoxy) is 3. The van der Waals surface area contributed by atoms with Crippen molar-refractivity contribution in [2.45, 2.75) is 25.7 Å². The Morgan fingerprint density at radius 3 is 2.72 bits per heavy atom. The number of hydrogen-bond donors (Lipinski definition) is 0. The third-order valence-corrected chi connectivity index (χ3v) is 3.07. The van der Waals surface area contributed by atoms with Gasteiger partial charge in [-0.2, -0.15) is 0 Å². The van der Waals surface area contributed by atoms with Crippen LogP contribution in [0.15, 0.2) is 30.3 Å². The Labute approximate surface area is 107 Å². The van der Waals surface area contributed by atoms with Crippen molar-refractivity contribution >= 4 is 5.97 Å². The number of hydrogen-bond acceptors (Lipinski definition) is 4. The van der Waals surface area contributed by atoms with E-state index in [1.165, 1.54) is 0 Å². The van der Waals surface area contributed by atoms with Gasteiger partial charge in [-0.3, -0.25) is 0 Å². The van der Waals surface area contributed by atoms with Crippen LogP contribution in [0.4, 0.5) is 0 Å². The summed E-state index contributed by atoms with van der Waals surface area (Å²) in [5.74, 6) is 0.0168. The van der Waals surface area contributed by atoms with Crippen LogP contribution < -0.4 is 0 Å². The maximum atomic E-state index is 11.7. The molecule has 3 atom stereocenters. The number of rotatable bonds is 4. The molecule has 0 spiro atoms. The first-order valence-electron chi connectivity index (χ1n) is 6.11. The lowest BCUT2D eigenvalue weighted by atomic mass is 10.1. The molecule has 1 aromatic carbocycles. The molecule has 0 saturated carbocycles. The molecule has 0 bridgehead atoms. The van der Waals surface area contributed by atoms with Gasteiger partial charge < -0.3 is 14.2 Å². The highest BCUT2D eigenvalue weighted by atomic mass is 16.7. The van der Waals surface area contributed by atoms with Crippen molar-refractivity contribution in [2.75, 3.05) is 13.7 Å². The van der Waals surface area contributed by atoms with Gasteiger partial charge in [0.15, 0.2) is 6.29 Å². The molecule has 1 aliphatic rings. The fourth-order valence-electron chi connectivity index (χ4n) is 2.13. The van der Waals surface area contributed by atoms with Gasteiger partial charge in [0.2, 0.25) is 0 Å². The number of benzene rings is 1. The summed E-state index contributed by atoms with van der Waals surface area (Å²) in [4.78, 5) is 11.7. The highest BCUT2D eigenvalue weighted by Gasteiger charge is 2.32. The topological polar surface area (TPSA) is 44.8 Å². The Bertz CT molecular complexity index is 390. The van der Waals surface area contributed by atoms with Crippen LogP contribution in [0.1, 0.15) is 23.7 Å². The van der Waals surface area contributed by atoms with E-state index in [0.29, 0.717) is 11.5 Å². The van der Waals surface area contributed by atoms with E-state index < -0.39 is 0 Å². The SMILES string of the molecule is CO[C@@H]1O[C@H](COC(=O)c2ccccc2)C[C@H]1C. The van der Waals surface area contributed by atoms with Gasteiger partial charge >= 0.3 is 5.97 Å². The zero-order valence-corrected chi connectivity index (χ0v) is 10.7. The fraction of sp³-hybridized carbons (Fsp3) is 0.500. The molecule has 1 fully saturated rings. The van der Waals surface area contributed by atoms with Gasteiger partial charge in [0.25, 0.3) is 0 Å². The van der Waals surface area contributed by atoms with E-state index in [1.54, 1.807) is 19.2 Å². The smallest absolute Gasteiger partial charge is 0.338 e. The highest BCUT2D eigenvalue weighted by molar-refractivity contribution is 5.89. The van der Waals surface area contributed by atoms with Crippen LogP contribution in [-0.2, 0) is 14.2 Å². The van der Waals surface area contributed by atoms with Gasteiger partial charge in [-0.1, -0.05) is 25.1 Å². The third kappa shape index (κ3) is 3.09. The maximum absolute atomic E-state index is 11.7. The van der Waals surface area contributed by atoms with Crippen molar-refractivity contribution in [1.82, 2.24) is 0 Å². The molecular weight excluding hydrogens is 232 g/mol. The van der Waals surface area contributed by atoms with Crippen molar-refractivity contribution < 1.29 is 19.0 Å². The van der Waals surface area contributed by atoms with Gasteiger partial charge in [0.05, 0.1) is 11.7 Å². The van der Waals surface area contributed by atoms with Crippen LogP contribution >= 0.6 is 0 Å². The monoisotopic (exact) mass is 250 g/mol. The Kier molecular flexibility index (Phi) is 4.33. The Balaban J connectivity index is 1.81. The Hall–Kier alpha value is -1.39. The van der Waals surface area contributed by atoms with Gasteiger partial charge in [0.1, 0.15) is 6.61 Å². The normalized spacial score (nSPS) is 27.1. The summed E-state index contributed by atoms with van der Waals surface area (Å²) >= 11 is 0. The summed E-state index contributed by atoms with van der Waals surface area (Å²) in [6.45, 7) is 2.34. The molecule has 1 aromatic rings. The van der Waals surface area contributed by atoms with Crippen LogP contribution in [0.25, 0.3) is 0 Å². The quantitative estimate of drug-likeness (QED) is 0.769. The predicted octanol–water partition coefficient (Wildman–Crippen LogP) is 2.24. The molecule has 0 amide bonds. The molecule has 1 saturated heterocycles. The van der Waals surface area contributed by atoms with Crippen LogP contribution in [0, 0.1) is 5.92 Å². The van der Waals surface area contributed by atoms with E-state index in [9.17, 15) is 4.79 Å². The lowest BCUT2D eigenvalue weighted by Crippen LogP contribution is -2.20. The molecule has 0 aromatic heterocycles. The highest BCUT2D eigenvalue weighted by Crippen LogP contribution is 2.26. The number of esters is 1. The van der Waals surface area contributed by atoms with Crippen molar-refractivity contribution in [3.05, 3.63) is 35.9 Å². The molecule has 4 heteroatoms. The fourth-order valence-corrected chi connectivity index (χ4v) is 2.13. The average Bonchev–Trinajstić information content (AvgIpc) is 2.77. The van der Waals surface area contributed by atoms with E-state index in [-0.39, 0.29) is 25.0 Å². The summed E-state index contributed by atoms with van der Waals surface area (Å²) in [5, 5.41) is 0. The van der Waals surface area contributed by atoms with Crippen molar-refractivity contribution in [2.24, 2.45) is 5.92 Å².